The number of hydrogen-bond donors (Lipinski definition) is 0. The highest BCUT2D eigenvalue weighted by molar-refractivity contribution is 5.72. The molecule has 0 heterocycles. The highest BCUT2D eigenvalue weighted by Gasteiger charge is 2.40. The quantitative estimate of drug-likeness (QED) is 0.197. The highest BCUT2D eigenvalue weighted by Crippen LogP contribution is 2.34. The van der Waals surface area contributed by atoms with Gasteiger partial charge in [0, 0.05) is 25.7 Å². The van der Waals surface area contributed by atoms with Gasteiger partial charge in [-0.2, -0.15) is 0 Å². The Hall–Kier alpha value is -1.06. The van der Waals surface area contributed by atoms with Crippen LogP contribution in [0.15, 0.2) is 0 Å². The van der Waals surface area contributed by atoms with Crippen LogP contribution in [0.25, 0.3) is 0 Å². The van der Waals surface area contributed by atoms with E-state index in [2.05, 4.69) is 34.6 Å². The van der Waals surface area contributed by atoms with Gasteiger partial charge in [0.2, 0.25) is 0 Å². The number of unbranched alkanes of at least 4 members (excludes halogenated alkanes) is 6. The Morgan fingerprint density at radius 2 is 1.12 bits per heavy atom. The fraction of sp³-hybridized carbons (Fsp3) is 0.909. The van der Waals surface area contributed by atoms with E-state index in [1.807, 2.05) is 6.92 Å². The smallest absolute Gasteiger partial charge is 0.309 e. The minimum Gasteiger partial charge on any atom is -0.422 e. The molecule has 0 radical (unpaired) electrons. The normalized spacial score (nSPS) is 12.1. The number of ether oxygens (including phenoxy) is 2. The summed E-state index contributed by atoms with van der Waals surface area (Å²) in [4.78, 5) is 24.7. The molecule has 0 spiro atoms. The van der Waals surface area contributed by atoms with E-state index in [0.29, 0.717) is 25.7 Å². The molecular weight excluding hydrogens is 328 g/mol. The van der Waals surface area contributed by atoms with Crippen molar-refractivity contribution in [3.05, 3.63) is 0 Å². The molecule has 0 aromatic heterocycles. The molecule has 0 unspecified atom stereocenters. The largest absolute Gasteiger partial charge is 0.422 e. The summed E-state index contributed by atoms with van der Waals surface area (Å²) in [6.07, 6.45) is 9.99. The first-order valence-electron chi connectivity index (χ1n) is 10.6. The van der Waals surface area contributed by atoms with E-state index in [1.54, 1.807) is 0 Å². The molecule has 0 atom stereocenters. The van der Waals surface area contributed by atoms with Crippen LogP contribution in [0.5, 0.6) is 0 Å². The van der Waals surface area contributed by atoms with Gasteiger partial charge in [0.15, 0.2) is 0 Å². The van der Waals surface area contributed by atoms with Crippen molar-refractivity contribution in [1.29, 1.82) is 0 Å². The summed E-state index contributed by atoms with van der Waals surface area (Å²) in [6, 6.07) is 0. The van der Waals surface area contributed by atoms with Gasteiger partial charge < -0.3 is 9.47 Å². The molecule has 0 N–H and O–H groups in total. The predicted octanol–water partition coefficient (Wildman–Crippen LogP) is 6.56. The Bertz CT molecular complexity index is 369. The molecule has 0 aliphatic rings. The first-order chi connectivity index (χ1) is 12.2. The van der Waals surface area contributed by atoms with E-state index in [0.717, 1.165) is 51.4 Å². The molecule has 154 valence electrons. The number of hydrogen-bond acceptors (Lipinski definition) is 4. The van der Waals surface area contributed by atoms with Crippen LogP contribution in [-0.4, -0.2) is 17.7 Å². The summed E-state index contributed by atoms with van der Waals surface area (Å²) in [5.74, 6) is -1.65. The fourth-order valence-electron chi connectivity index (χ4n) is 3.08. The van der Waals surface area contributed by atoms with Gasteiger partial charge in [-0.05, 0) is 18.3 Å². The predicted molar refractivity (Wildman–Crippen MR) is 107 cm³/mol. The fourth-order valence-corrected chi connectivity index (χ4v) is 3.08. The third-order valence-corrected chi connectivity index (χ3v) is 4.41. The van der Waals surface area contributed by atoms with E-state index in [-0.39, 0.29) is 17.4 Å². The van der Waals surface area contributed by atoms with Crippen LogP contribution < -0.4 is 0 Å². The number of carbonyl (C=O) groups is 2. The van der Waals surface area contributed by atoms with Crippen molar-refractivity contribution in [2.45, 2.75) is 124 Å². The van der Waals surface area contributed by atoms with Crippen molar-refractivity contribution >= 4 is 11.9 Å². The molecule has 0 aliphatic carbocycles. The Balaban J connectivity index is 4.83. The molecule has 26 heavy (non-hydrogen) atoms. The molecule has 0 saturated heterocycles. The summed E-state index contributed by atoms with van der Waals surface area (Å²) < 4.78 is 11.5. The third kappa shape index (κ3) is 12.3. The molecule has 4 heteroatoms. The number of carbonyl (C=O) groups excluding carboxylic acids is 2. The van der Waals surface area contributed by atoms with E-state index in [9.17, 15) is 9.59 Å². The van der Waals surface area contributed by atoms with Crippen LogP contribution in [-0.2, 0) is 19.1 Å². The molecular formula is C22H42O4. The molecule has 0 fully saturated rings. The lowest BCUT2D eigenvalue weighted by molar-refractivity contribution is -0.239. The minimum atomic E-state index is -1.14. The van der Waals surface area contributed by atoms with Gasteiger partial charge in [-0.3, -0.25) is 9.59 Å². The van der Waals surface area contributed by atoms with Crippen LogP contribution in [0.3, 0.4) is 0 Å². The molecule has 0 rings (SSSR count). The van der Waals surface area contributed by atoms with Crippen molar-refractivity contribution in [1.82, 2.24) is 0 Å². The van der Waals surface area contributed by atoms with Crippen molar-refractivity contribution in [2.24, 2.45) is 5.41 Å². The van der Waals surface area contributed by atoms with E-state index >= 15 is 0 Å². The Morgan fingerprint density at radius 1 is 0.692 bits per heavy atom. The van der Waals surface area contributed by atoms with Gasteiger partial charge in [0.1, 0.15) is 0 Å². The van der Waals surface area contributed by atoms with E-state index < -0.39 is 5.79 Å². The summed E-state index contributed by atoms with van der Waals surface area (Å²) in [6.45, 7) is 12.4. The van der Waals surface area contributed by atoms with Gasteiger partial charge in [-0.1, -0.05) is 80.1 Å². The van der Waals surface area contributed by atoms with E-state index in [1.165, 1.54) is 0 Å². The van der Waals surface area contributed by atoms with Crippen molar-refractivity contribution in [3.8, 4) is 0 Å². The van der Waals surface area contributed by atoms with Crippen molar-refractivity contribution in [3.63, 3.8) is 0 Å². The van der Waals surface area contributed by atoms with Crippen LogP contribution in [0.4, 0.5) is 0 Å². The summed E-state index contributed by atoms with van der Waals surface area (Å²) in [5, 5.41) is 0. The lowest BCUT2D eigenvalue weighted by Crippen LogP contribution is -2.42. The molecule has 0 aliphatic heterocycles. The van der Waals surface area contributed by atoms with Gasteiger partial charge in [-0.15, -0.1) is 0 Å². The second-order valence-corrected chi connectivity index (χ2v) is 8.57. The number of rotatable bonds is 14. The third-order valence-electron chi connectivity index (χ3n) is 4.41. The Morgan fingerprint density at radius 3 is 1.42 bits per heavy atom. The van der Waals surface area contributed by atoms with E-state index in [4.69, 9.17) is 9.47 Å². The second-order valence-electron chi connectivity index (χ2n) is 8.57. The maximum absolute atomic E-state index is 12.3. The lowest BCUT2D eigenvalue weighted by atomic mass is 9.86. The molecule has 0 amide bonds. The zero-order valence-electron chi connectivity index (χ0n) is 18.1. The van der Waals surface area contributed by atoms with Crippen molar-refractivity contribution < 1.29 is 19.1 Å². The first-order valence-corrected chi connectivity index (χ1v) is 10.6. The average molecular weight is 371 g/mol. The maximum Gasteiger partial charge on any atom is 0.309 e. The minimum absolute atomic E-state index is 0.110. The molecule has 0 bridgehead atoms. The lowest BCUT2D eigenvalue weighted by Gasteiger charge is -2.36. The first kappa shape index (κ1) is 24.9. The Labute approximate surface area is 161 Å². The van der Waals surface area contributed by atoms with Crippen molar-refractivity contribution in [2.75, 3.05) is 0 Å². The summed E-state index contributed by atoms with van der Waals surface area (Å²) >= 11 is 0. The summed E-state index contributed by atoms with van der Waals surface area (Å²) in [7, 11) is 0. The standard InChI is InChI=1S/C22H42O4/c1-7-10-12-14-16-19(23)25-22(9-3,18-21(4,5)6)26-20(24)17-15-13-11-8-2/h7-18H2,1-6H3. The van der Waals surface area contributed by atoms with Gasteiger partial charge in [-0.25, -0.2) is 0 Å². The topological polar surface area (TPSA) is 52.6 Å². The molecule has 4 nitrogen and oxygen atoms in total. The molecule has 0 saturated carbocycles. The van der Waals surface area contributed by atoms with Crippen LogP contribution in [0.1, 0.15) is 119 Å². The summed E-state index contributed by atoms with van der Waals surface area (Å²) in [5.41, 5.74) is -0.110. The SMILES string of the molecule is CCCCCCC(=O)OC(CC)(CC(C)(C)C)OC(=O)CCCCCC. The van der Waals surface area contributed by atoms with Crippen LogP contribution in [0.2, 0.25) is 0 Å². The second kappa shape index (κ2) is 13.2. The highest BCUT2D eigenvalue weighted by atomic mass is 16.7. The maximum atomic E-state index is 12.3. The average Bonchev–Trinajstić information content (AvgIpc) is 2.54. The molecule has 0 aromatic rings. The molecule has 0 aromatic carbocycles. The van der Waals surface area contributed by atoms with Gasteiger partial charge >= 0.3 is 11.9 Å². The van der Waals surface area contributed by atoms with Gasteiger partial charge in [0.05, 0.1) is 0 Å². The Kier molecular flexibility index (Phi) is 12.6. The monoisotopic (exact) mass is 370 g/mol. The van der Waals surface area contributed by atoms with Crippen LogP contribution >= 0.6 is 0 Å². The zero-order valence-corrected chi connectivity index (χ0v) is 18.1. The zero-order chi connectivity index (χ0) is 20.1. The van der Waals surface area contributed by atoms with Gasteiger partial charge in [0.25, 0.3) is 5.79 Å². The number of esters is 2. The van der Waals surface area contributed by atoms with Crippen LogP contribution in [0, 0.1) is 5.41 Å².